The van der Waals surface area contributed by atoms with E-state index in [0.29, 0.717) is 13.1 Å². The fraction of sp³-hybridized carbons (Fsp3) is 1.00. The molecule has 5 nitrogen and oxygen atoms in total. The van der Waals surface area contributed by atoms with Gasteiger partial charge in [-0.25, -0.2) is 0 Å². The first-order chi connectivity index (χ1) is 7.90. The molecule has 1 fully saturated rings. The minimum absolute atomic E-state index is 0.0390. The Hall–Kier alpha value is -0.200. The number of nitrogens with zero attached hydrogens (tertiary/aromatic N) is 2. The molecule has 5 heteroatoms. The van der Waals surface area contributed by atoms with Crippen LogP contribution in [0.2, 0.25) is 0 Å². The van der Waals surface area contributed by atoms with E-state index in [0.717, 1.165) is 19.6 Å². The maximum absolute atomic E-state index is 9.80. The van der Waals surface area contributed by atoms with E-state index < -0.39 is 6.10 Å². The van der Waals surface area contributed by atoms with Crippen molar-refractivity contribution in [3.05, 3.63) is 0 Å². The monoisotopic (exact) mass is 246 g/mol. The van der Waals surface area contributed by atoms with Crippen molar-refractivity contribution in [2.24, 2.45) is 0 Å². The Kier molecular flexibility index (Phi) is 5.82. The van der Waals surface area contributed by atoms with E-state index in [4.69, 9.17) is 0 Å². The zero-order chi connectivity index (χ0) is 13.0. The van der Waals surface area contributed by atoms with Crippen molar-refractivity contribution in [1.82, 2.24) is 9.80 Å². The SMILES string of the molecule is CC(O)CN1CCN(CC(C)O)C(C(C)O)C1. The van der Waals surface area contributed by atoms with Crippen LogP contribution in [0.25, 0.3) is 0 Å². The van der Waals surface area contributed by atoms with Gasteiger partial charge < -0.3 is 15.3 Å². The number of piperazine rings is 1. The molecule has 1 aliphatic heterocycles. The Labute approximate surface area is 104 Å². The molecule has 0 radical (unpaired) electrons. The number of β-amino-alcohol motifs (C(OH)–C–C–N with tert-alkyl or cyclic N) is 2. The van der Waals surface area contributed by atoms with E-state index in [1.807, 2.05) is 0 Å². The summed E-state index contributed by atoms with van der Waals surface area (Å²) in [6.45, 7) is 9.01. The standard InChI is InChI=1S/C12H26N2O3/c1-9(15)6-13-4-5-14(7-10(2)16)12(8-13)11(3)17/h9-12,15-17H,4-8H2,1-3H3. The van der Waals surface area contributed by atoms with Gasteiger partial charge >= 0.3 is 0 Å². The lowest BCUT2D eigenvalue weighted by Crippen LogP contribution is -2.59. The number of aliphatic hydroxyl groups excluding tert-OH is 3. The molecule has 0 amide bonds. The van der Waals surface area contributed by atoms with Gasteiger partial charge in [0.25, 0.3) is 0 Å². The lowest BCUT2D eigenvalue weighted by molar-refractivity contribution is -0.0254. The molecule has 0 aromatic rings. The Morgan fingerprint density at radius 2 is 1.59 bits per heavy atom. The van der Waals surface area contributed by atoms with Crippen molar-refractivity contribution in [2.75, 3.05) is 32.7 Å². The minimum Gasteiger partial charge on any atom is -0.392 e. The first-order valence-electron chi connectivity index (χ1n) is 6.40. The second-order valence-electron chi connectivity index (χ2n) is 5.26. The van der Waals surface area contributed by atoms with Crippen LogP contribution in [0.4, 0.5) is 0 Å². The van der Waals surface area contributed by atoms with Gasteiger partial charge in [0.15, 0.2) is 0 Å². The van der Waals surface area contributed by atoms with Gasteiger partial charge in [-0.05, 0) is 20.8 Å². The van der Waals surface area contributed by atoms with E-state index in [9.17, 15) is 15.3 Å². The molecular weight excluding hydrogens is 220 g/mol. The highest BCUT2D eigenvalue weighted by atomic mass is 16.3. The number of hydrogen-bond donors (Lipinski definition) is 3. The fourth-order valence-corrected chi connectivity index (χ4v) is 2.47. The molecule has 0 aromatic carbocycles. The Morgan fingerprint density at radius 1 is 1.00 bits per heavy atom. The van der Waals surface area contributed by atoms with Crippen molar-refractivity contribution in [3.63, 3.8) is 0 Å². The minimum atomic E-state index is -0.425. The lowest BCUT2D eigenvalue weighted by Gasteiger charge is -2.43. The molecule has 17 heavy (non-hydrogen) atoms. The summed E-state index contributed by atoms with van der Waals surface area (Å²) in [5, 5.41) is 28.6. The largest absolute Gasteiger partial charge is 0.392 e. The molecule has 0 aliphatic carbocycles. The maximum atomic E-state index is 9.80. The average Bonchev–Trinajstić information content (AvgIpc) is 2.18. The molecule has 1 heterocycles. The molecule has 0 aromatic heterocycles. The van der Waals surface area contributed by atoms with Gasteiger partial charge in [0.1, 0.15) is 0 Å². The molecule has 1 saturated heterocycles. The molecule has 1 rings (SSSR count). The van der Waals surface area contributed by atoms with Crippen LogP contribution >= 0.6 is 0 Å². The van der Waals surface area contributed by atoms with E-state index in [1.165, 1.54) is 0 Å². The third-order valence-corrected chi connectivity index (χ3v) is 3.20. The molecule has 0 saturated carbocycles. The smallest absolute Gasteiger partial charge is 0.0679 e. The molecule has 4 atom stereocenters. The molecule has 102 valence electrons. The van der Waals surface area contributed by atoms with E-state index in [-0.39, 0.29) is 18.2 Å². The number of rotatable bonds is 5. The summed E-state index contributed by atoms with van der Waals surface area (Å²) in [5.41, 5.74) is 0. The van der Waals surface area contributed by atoms with Gasteiger partial charge in [0, 0.05) is 38.8 Å². The van der Waals surface area contributed by atoms with Crippen LogP contribution in [0, 0.1) is 0 Å². The summed E-state index contributed by atoms with van der Waals surface area (Å²) in [6.07, 6.45) is -1.14. The molecule has 3 N–H and O–H groups in total. The Morgan fingerprint density at radius 3 is 2.06 bits per heavy atom. The predicted molar refractivity (Wildman–Crippen MR) is 66.8 cm³/mol. The van der Waals surface area contributed by atoms with Gasteiger partial charge in [0.05, 0.1) is 18.3 Å². The molecule has 4 unspecified atom stereocenters. The van der Waals surface area contributed by atoms with Crippen molar-refractivity contribution in [3.8, 4) is 0 Å². The van der Waals surface area contributed by atoms with Crippen LogP contribution in [0.15, 0.2) is 0 Å². The summed E-state index contributed by atoms with van der Waals surface area (Å²) in [7, 11) is 0. The van der Waals surface area contributed by atoms with Gasteiger partial charge in [-0.15, -0.1) is 0 Å². The van der Waals surface area contributed by atoms with Crippen LogP contribution < -0.4 is 0 Å². The fourth-order valence-electron chi connectivity index (χ4n) is 2.47. The zero-order valence-electron chi connectivity index (χ0n) is 11.1. The van der Waals surface area contributed by atoms with Gasteiger partial charge in [0.2, 0.25) is 0 Å². The summed E-state index contributed by atoms with van der Waals surface area (Å²) in [6, 6.07) is 0.0390. The third-order valence-electron chi connectivity index (χ3n) is 3.20. The predicted octanol–water partition coefficient (Wildman–Crippen LogP) is -0.885. The van der Waals surface area contributed by atoms with Crippen molar-refractivity contribution >= 4 is 0 Å². The highest BCUT2D eigenvalue weighted by Crippen LogP contribution is 2.14. The second-order valence-corrected chi connectivity index (χ2v) is 5.26. The Bertz CT molecular complexity index is 222. The molecule has 0 spiro atoms. The zero-order valence-corrected chi connectivity index (χ0v) is 11.1. The third kappa shape index (κ3) is 4.89. The summed E-state index contributed by atoms with van der Waals surface area (Å²) >= 11 is 0. The number of aliphatic hydroxyl groups is 3. The first-order valence-corrected chi connectivity index (χ1v) is 6.40. The number of hydrogen-bond acceptors (Lipinski definition) is 5. The van der Waals surface area contributed by atoms with Crippen molar-refractivity contribution in [1.29, 1.82) is 0 Å². The van der Waals surface area contributed by atoms with E-state index in [1.54, 1.807) is 20.8 Å². The first kappa shape index (κ1) is 14.9. The van der Waals surface area contributed by atoms with Crippen molar-refractivity contribution < 1.29 is 15.3 Å². The van der Waals surface area contributed by atoms with Crippen LogP contribution in [-0.4, -0.2) is 82.2 Å². The normalized spacial score (nSPS) is 28.9. The van der Waals surface area contributed by atoms with Gasteiger partial charge in [-0.1, -0.05) is 0 Å². The topological polar surface area (TPSA) is 67.2 Å². The summed E-state index contributed by atoms with van der Waals surface area (Å²) < 4.78 is 0. The summed E-state index contributed by atoms with van der Waals surface area (Å²) in [4.78, 5) is 4.30. The van der Waals surface area contributed by atoms with Crippen LogP contribution in [-0.2, 0) is 0 Å². The quantitative estimate of drug-likeness (QED) is 0.587. The summed E-state index contributed by atoms with van der Waals surface area (Å²) in [5.74, 6) is 0. The van der Waals surface area contributed by atoms with E-state index in [2.05, 4.69) is 9.80 Å². The van der Waals surface area contributed by atoms with Crippen LogP contribution in [0.5, 0.6) is 0 Å². The molecular formula is C12H26N2O3. The molecule has 0 bridgehead atoms. The maximum Gasteiger partial charge on any atom is 0.0679 e. The second kappa shape index (κ2) is 6.66. The lowest BCUT2D eigenvalue weighted by atomic mass is 10.1. The molecule has 1 aliphatic rings. The van der Waals surface area contributed by atoms with Crippen molar-refractivity contribution in [2.45, 2.75) is 45.1 Å². The highest BCUT2D eigenvalue weighted by Gasteiger charge is 2.30. The van der Waals surface area contributed by atoms with Gasteiger partial charge in [-0.2, -0.15) is 0 Å². The van der Waals surface area contributed by atoms with Gasteiger partial charge in [-0.3, -0.25) is 9.80 Å². The highest BCUT2D eigenvalue weighted by molar-refractivity contribution is 4.86. The van der Waals surface area contributed by atoms with E-state index >= 15 is 0 Å². The average molecular weight is 246 g/mol. The Balaban J connectivity index is 2.54. The van der Waals surface area contributed by atoms with Crippen LogP contribution in [0.3, 0.4) is 0 Å². The van der Waals surface area contributed by atoms with Crippen LogP contribution in [0.1, 0.15) is 20.8 Å².